The molecular weight excluding hydrogens is 380 g/mol. The number of halogens is 2. The van der Waals surface area contributed by atoms with Gasteiger partial charge >= 0.3 is 5.97 Å². The Morgan fingerprint density at radius 3 is 2.56 bits per heavy atom. The average molecular weight is 399 g/mol. The van der Waals surface area contributed by atoms with Crippen LogP contribution in [0.25, 0.3) is 0 Å². The molecule has 0 heterocycles. The normalized spacial score (nSPS) is 12.4. The van der Waals surface area contributed by atoms with E-state index in [0.29, 0.717) is 17.4 Å². The van der Waals surface area contributed by atoms with Gasteiger partial charge in [-0.05, 0) is 36.8 Å². The molecule has 6 nitrogen and oxygen atoms in total. The molecule has 0 bridgehead atoms. The van der Waals surface area contributed by atoms with Crippen molar-refractivity contribution in [2.75, 3.05) is 13.7 Å². The number of ether oxygens (including phenoxy) is 2. The molecule has 2 rings (SSSR count). The predicted molar refractivity (Wildman–Crippen MR) is 93.7 cm³/mol. The van der Waals surface area contributed by atoms with Gasteiger partial charge in [-0.1, -0.05) is 12.1 Å². The zero-order chi connectivity index (χ0) is 20.0. The summed E-state index contributed by atoms with van der Waals surface area (Å²) in [6.45, 7) is 1.75. The van der Waals surface area contributed by atoms with Gasteiger partial charge in [-0.15, -0.1) is 0 Å². The van der Waals surface area contributed by atoms with E-state index in [1.165, 1.54) is 7.11 Å². The highest BCUT2D eigenvalue weighted by Crippen LogP contribution is 2.25. The van der Waals surface area contributed by atoms with Gasteiger partial charge in [0.15, 0.2) is 0 Å². The molecule has 1 N–H and O–H groups in total. The van der Waals surface area contributed by atoms with Crippen molar-refractivity contribution in [3.8, 4) is 5.75 Å². The summed E-state index contributed by atoms with van der Waals surface area (Å²) in [7, 11) is -2.93. The third-order valence-electron chi connectivity index (χ3n) is 3.65. The topological polar surface area (TPSA) is 81.7 Å². The fraction of sp³-hybridized carbons (Fsp3) is 0.278. The Bertz CT molecular complexity index is 918. The highest BCUT2D eigenvalue weighted by Gasteiger charge is 2.27. The molecule has 0 aliphatic heterocycles. The number of sulfonamides is 1. The maximum absolute atomic E-state index is 13.9. The lowest BCUT2D eigenvalue weighted by molar-refractivity contribution is -0.143. The lowest BCUT2D eigenvalue weighted by Crippen LogP contribution is -2.31. The van der Waals surface area contributed by atoms with Gasteiger partial charge in [-0.2, -0.15) is 0 Å². The summed E-state index contributed by atoms with van der Waals surface area (Å²) < 4.78 is 64.4. The van der Waals surface area contributed by atoms with Gasteiger partial charge in [-0.3, -0.25) is 4.79 Å². The smallest absolute Gasteiger partial charge is 0.307 e. The molecule has 0 fully saturated rings. The summed E-state index contributed by atoms with van der Waals surface area (Å²) in [5.74, 6) is -2.31. The molecule has 2 aromatic carbocycles. The summed E-state index contributed by atoms with van der Waals surface area (Å²) >= 11 is 0. The number of hydrogen-bond acceptors (Lipinski definition) is 5. The molecule has 2 aromatic rings. The van der Waals surface area contributed by atoms with Gasteiger partial charge in [-0.25, -0.2) is 21.9 Å². The van der Waals surface area contributed by atoms with E-state index < -0.39 is 38.6 Å². The molecular formula is C18H19F2NO5S. The third kappa shape index (κ3) is 5.48. The van der Waals surface area contributed by atoms with E-state index in [9.17, 15) is 22.0 Å². The average Bonchev–Trinajstić information content (AvgIpc) is 2.61. The van der Waals surface area contributed by atoms with Crippen molar-refractivity contribution in [2.24, 2.45) is 0 Å². The van der Waals surface area contributed by atoms with Crippen LogP contribution in [0.2, 0.25) is 0 Å². The van der Waals surface area contributed by atoms with E-state index in [1.54, 1.807) is 31.2 Å². The van der Waals surface area contributed by atoms with Crippen molar-refractivity contribution < 1.29 is 31.5 Å². The molecule has 1 atom stereocenters. The Hall–Kier alpha value is -2.52. The van der Waals surface area contributed by atoms with E-state index in [-0.39, 0.29) is 13.0 Å². The summed E-state index contributed by atoms with van der Waals surface area (Å²) in [6, 6.07) is 7.51. The first-order valence-corrected chi connectivity index (χ1v) is 9.52. The SMILES string of the molecule is CCOC(=O)CC(NS(=O)(=O)c1ccc(F)cc1F)c1cccc(OC)c1. The lowest BCUT2D eigenvalue weighted by atomic mass is 10.0. The first-order chi connectivity index (χ1) is 12.8. The summed E-state index contributed by atoms with van der Waals surface area (Å²) in [5, 5.41) is 0. The zero-order valence-corrected chi connectivity index (χ0v) is 15.6. The van der Waals surface area contributed by atoms with E-state index in [4.69, 9.17) is 9.47 Å². The third-order valence-corrected chi connectivity index (χ3v) is 5.16. The van der Waals surface area contributed by atoms with Gasteiger partial charge in [0.1, 0.15) is 22.3 Å². The van der Waals surface area contributed by atoms with Crippen molar-refractivity contribution in [3.05, 3.63) is 59.7 Å². The van der Waals surface area contributed by atoms with Crippen LogP contribution in [0.5, 0.6) is 5.75 Å². The minimum atomic E-state index is -4.38. The van der Waals surface area contributed by atoms with Gasteiger partial charge in [0.25, 0.3) is 0 Å². The monoisotopic (exact) mass is 399 g/mol. The molecule has 0 saturated heterocycles. The predicted octanol–water partition coefficient (Wildman–Crippen LogP) is 2.95. The molecule has 27 heavy (non-hydrogen) atoms. The van der Waals surface area contributed by atoms with Crippen molar-refractivity contribution in [1.29, 1.82) is 0 Å². The molecule has 0 radical (unpaired) electrons. The molecule has 0 amide bonds. The fourth-order valence-corrected chi connectivity index (χ4v) is 3.70. The number of nitrogens with one attached hydrogen (secondary N) is 1. The van der Waals surface area contributed by atoms with E-state index >= 15 is 0 Å². The van der Waals surface area contributed by atoms with Gasteiger partial charge < -0.3 is 9.47 Å². The van der Waals surface area contributed by atoms with E-state index in [2.05, 4.69) is 4.72 Å². The van der Waals surface area contributed by atoms with Gasteiger partial charge in [0.05, 0.1) is 26.2 Å². The largest absolute Gasteiger partial charge is 0.497 e. The molecule has 0 saturated carbocycles. The number of esters is 1. The quantitative estimate of drug-likeness (QED) is 0.691. The molecule has 0 aliphatic rings. The van der Waals surface area contributed by atoms with Crippen LogP contribution in [0.1, 0.15) is 24.9 Å². The first-order valence-electron chi connectivity index (χ1n) is 8.03. The number of benzene rings is 2. The van der Waals surface area contributed by atoms with Gasteiger partial charge in [0, 0.05) is 6.07 Å². The van der Waals surface area contributed by atoms with Crippen molar-refractivity contribution in [2.45, 2.75) is 24.3 Å². The van der Waals surface area contributed by atoms with Crippen LogP contribution in [0.3, 0.4) is 0 Å². The van der Waals surface area contributed by atoms with Crippen molar-refractivity contribution in [1.82, 2.24) is 4.72 Å². The summed E-state index contributed by atoms with van der Waals surface area (Å²) in [6.07, 6.45) is -0.316. The summed E-state index contributed by atoms with van der Waals surface area (Å²) in [5.41, 5.74) is 0.425. The minimum absolute atomic E-state index is 0.128. The second kappa shape index (κ2) is 8.92. The fourth-order valence-electron chi connectivity index (χ4n) is 2.42. The first kappa shape index (κ1) is 20.8. The Labute approximate surface area is 156 Å². The zero-order valence-electron chi connectivity index (χ0n) is 14.7. The van der Waals surface area contributed by atoms with Crippen LogP contribution < -0.4 is 9.46 Å². The van der Waals surface area contributed by atoms with Crippen LogP contribution >= 0.6 is 0 Å². The van der Waals surface area contributed by atoms with E-state index in [0.717, 1.165) is 12.1 Å². The second-order valence-electron chi connectivity index (χ2n) is 5.53. The van der Waals surface area contributed by atoms with E-state index in [1.807, 2.05) is 0 Å². The maximum Gasteiger partial charge on any atom is 0.307 e. The molecule has 146 valence electrons. The molecule has 0 aromatic heterocycles. The Kier molecular flexibility index (Phi) is 6.86. The van der Waals surface area contributed by atoms with Crippen LogP contribution in [-0.2, 0) is 19.6 Å². The molecule has 1 unspecified atom stereocenters. The van der Waals surface area contributed by atoms with Crippen LogP contribution in [0, 0.1) is 11.6 Å². The standard InChI is InChI=1S/C18H19F2NO5S/c1-3-26-18(22)11-16(12-5-4-6-14(9-12)25-2)21-27(23,24)17-8-7-13(19)10-15(17)20/h4-10,16,21H,3,11H2,1-2H3. The van der Waals surface area contributed by atoms with Crippen LogP contribution in [0.4, 0.5) is 8.78 Å². The lowest BCUT2D eigenvalue weighted by Gasteiger charge is -2.19. The number of carbonyl (C=O) groups is 1. The number of rotatable bonds is 8. The van der Waals surface area contributed by atoms with Crippen LogP contribution in [0.15, 0.2) is 47.4 Å². The number of methoxy groups -OCH3 is 1. The van der Waals surface area contributed by atoms with Crippen molar-refractivity contribution >= 4 is 16.0 Å². The van der Waals surface area contributed by atoms with Crippen LogP contribution in [-0.4, -0.2) is 28.1 Å². The Morgan fingerprint density at radius 2 is 1.93 bits per heavy atom. The molecule has 0 spiro atoms. The highest BCUT2D eigenvalue weighted by atomic mass is 32.2. The number of carbonyl (C=O) groups excluding carboxylic acids is 1. The van der Waals surface area contributed by atoms with Crippen molar-refractivity contribution in [3.63, 3.8) is 0 Å². The highest BCUT2D eigenvalue weighted by molar-refractivity contribution is 7.89. The Balaban J connectivity index is 2.38. The minimum Gasteiger partial charge on any atom is -0.497 e. The molecule has 9 heteroatoms. The number of hydrogen-bond donors (Lipinski definition) is 1. The summed E-state index contributed by atoms with van der Waals surface area (Å²) in [4.78, 5) is 11.2. The maximum atomic E-state index is 13.9. The second-order valence-corrected chi connectivity index (χ2v) is 7.22. The van der Waals surface area contributed by atoms with Gasteiger partial charge in [0.2, 0.25) is 10.0 Å². The Morgan fingerprint density at radius 1 is 1.19 bits per heavy atom. The molecule has 0 aliphatic carbocycles.